The van der Waals surface area contributed by atoms with E-state index in [0.717, 1.165) is 61.8 Å². The zero-order valence-electron chi connectivity index (χ0n) is 28.6. The van der Waals surface area contributed by atoms with Gasteiger partial charge in [-0.3, -0.25) is 0 Å². The summed E-state index contributed by atoms with van der Waals surface area (Å²) in [5, 5.41) is 1.18. The summed E-state index contributed by atoms with van der Waals surface area (Å²) in [5.41, 5.74) is 1.40. The summed E-state index contributed by atoms with van der Waals surface area (Å²) in [5.74, 6) is -0.102. The molecule has 0 radical (unpaired) electrons. The van der Waals surface area contributed by atoms with Crippen LogP contribution in [-0.4, -0.2) is 58.5 Å². The molecule has 2 heterocycles. The van der Waals surface area contributed by atoms with Gasteiger partial charge in [0.05, 0.1) is 32.5 Å². The van der Waals surface area contributed by atoms with Gasteiger partial charge in [-0.1, -0.05) is 71.6 Å². The third-order valence-corrected chi connectivity index (χ3v) is 9.58. The van der Waals surface area contributed by atoms with Crippen molar-refractivity contribution < 1.29 is 32.8 Å². The summed E-state index contributed by atoms with van der Waals surface area (Å²) in [4.78, 5) is 1.13. The molecule has 1 fully saturated rings. The molecule has 1 aliphatic heterocycles. The number of halogens is 1. The molecule has 8 heteroatoms. The van der Waals surface area contributed by atoms with Gasteiger partial charge in [0.1, 0.15) is 12.2 Å². The molecular weight excluding hydrogens is 603 g/mol. The molecule has 0 amide bonds. The first kappa shape index (κ1) is 36.6. The van der Waals surface area contributed by atoms with E-state index in [-0.39, 0.29) is 23.7 Å². The molecule has 0 spiro atoms. The third-order valence-electron chi connectivity index (χ3n) is 8.46. The lowest BCUT2D eigenvalue weighted by Gasteiger charge is -2.42. The van der Waals surface area contributed by atoms with Crippen molar-refractivity contribution in [1.29, 1.82) is 0 Å². The zero-order chi connectivity index (χ0) is 32.7. The fraction of sp³-hybridized carbons (Fsp3) is 0.632. The Labute approximate surface area is 279 Å². The highest BCUT2D eigenvalue weighted by Crippen LogP contribution is 2.45. The van der Waals surface area contributed by atoms with Crippen LogP contribution in [0.2, 0.25) is 0 Å². The van der Waals surface area contributed by atoms with Crippen LogP contribution < -0.4 is 9.47 Å². The van der Waals surface area contributed by atoms with Crippen LogP contribution in [0.25, 0.3) is 10.1 Å². The van der Waals surface area contributed by atoms with E-state index in [1.165, 1.54) is 17.2 Å². The molecule has 0 bridgehead atoms. The average Bonchev–Trinajstić information content (AvgIpc) is 3.47. The highest BCUT2D eigenvalue weighted by atomic mass is 32.1. The molecule has 1 saturated heterocycles. The lowest BCUT2D eigenvalue weighted by molar-refractivity contribution is -0.214. The van der Waals surface area contributed by atoms with Crippen LogP contribution in [0, 0.1) is 5.82 Å². The van der Waals surface area contributed by atoms with Crippen molar-refractivity contribution in [3.05, 3.63) is 58.2 Å². The topological polar surface area (TPSA) is 55.4 Å². The lowest BCUT2D eigenvalue weighted by Crippen LogP contribution is -2.48. The van der Waals surface area contributed by atoms with Gasteiger partial charge in [-0.05, 0) is 49.3 Å². The predicted molar refractivity (Wildman–Crippen MR) is 185 cm³/mol. The van der Waals surface area contributed by atoms with Crippen LogP contribution in [-0.2, 0) is 25.4 Å². The van der Waals surface area contributed by atoms with E-state index in [1.54, 1.807) is 11.3 Å². The largest absolute Gasteiger partial charge is 0.493 e. The number of hydrogen-bond acceptors (Lipinski definition) is 7. The van der Waals surface area contributed by atoms with Crippen molar-refractivity contribution in [1.82, 2.24) is 0 Å². The van der Waals surface area contributed by atoms with E-state index in [1.807, 2.05) is 18.2 Å². The summed E-state index contributed by atoms with van der Waals surface area (Å²) < 4.78 is 55.9. The van der Waals surface area contributed by atoms with Crippen molar-refractivity contribution in [2.45, 2.75) is 116 Å². The van der Waals surface area contributed by atoms with Crippen molar-refractivity contribution in [2.75, 3.05) is 40.1 Å². The fourth-order valence-corrected chi connectivity index (χ4v) is 6.97. The molecule has 1 aromatic heterocycles. The van der Waals surface area contributed by atoms with Gasteiger partial charge in [-0.25, -0.2) is 0 Å². The van der Waals surface area contributed by atoms with Crippen LogP contribution in [0.1, 0.15) is 108 Å². The second-order valence-corrected chi connectivity index (χ2v) is 13.4. The van der Waals surface area contributed by atoms with E-state index >= 15 is 4.39 Å². The maximum atomic E-state index is 16.6. The summed E-state index contributed by atoms with van der Waals surface area (Å²) in [6, 6.07) is 12.5. The normalized spacial score (nSPS) is 20.0. The number of unbranched alkanes of at least 4 members (excludes halogenated alkanes) is 4. The number of methoxy groups -OCH3 is 1. The van der Waals surface area contributed by atoms with Gasteiger partial charge in [-0.2, -0.15) is 4.39 Å². The van der Waals surface area contributed by atoms with Gasteiger partial charge >= 0.3 is 0 Å². The van der Waals surface area contributed by atoms with Crippen molar-refractivity contribution in [2.24, 2.45) is 0 Å². The van der Waals surface area contributed by atoms with Gasteiger partial charge in [0.2, 0.25) is 5.82 Å². The van der Waals surface area contributed by atoms with Gasteiger partial charge < -0.3 is 28.4 Å². The highest BCUT2D eigenvalue weighted by molar-refractivity contribution is 7.19. The lowest BCUT2D eigenvalue weighted by atomic mass is 9.90. The number of benzene rings is 2. The van der Waals surface area contributed by atoms with Gasteiger partial charge in [0, 0.05) is 53.4 Å². The van der Waals surface area contributed by atoms with E-state index in [0.29, 0.717) is 51.4 Å². The Morgan fingerprint density at radius 3 is 2.26 bits per heavy atom. The minimum atomic E-state index is -0.602. The standard InChI is InChI=1S/C38H55FO6S/c1-6-10-18-41-26-29-25-32(42-19-11-7-2)38(44-21-13-9-4)37(45-29)31-24-28(23-30-22-27-16-14-15-17-33(27)46-30)35(40-5)34(39)36(31)43-20-12-8-3/h14-17,22,24,29,32,37-38H,6-13,18-21,23,25-26H2,1-5H3/t29-,32-,37-,38+/m0/s1. The molecule has 0 aliphatic carbocycles. The molecule has 4 rings (SSSR count). The Kier molecular flexibility index (Phi) is 15.6. The maximum absolute atomic E-state index is 16.6. The first-order valence-corrected chi connectivity index (χ1v) is 18.3. The Morgan fingerprint density at radius 1 is 0.848 bits per heavy atom. The Balaban J connectivity index is 1.78. The predicted octanol–water partition coefficient (Wildman–Crippen LogP) is 9.84. The second kappa shape index (κ2) is 19.6. The van der Waals surface area contributed by atoms with Gasteiger partial charge in [0.15, 0.2) is 11.5 Å². The quantitative estimate of drug-likeness (QED) is 0.106. The smallest absolute Gasteiger partial charge is 0.207 e. The molecule has 4 atom stereocenters. The van der Waals surface area contributed by atoms with E-state index < -0.39 is 18.0 Å². The van der Waals surface area contributed by atoms with Gasteiger partial charge in [0.25, 0.3) is 0 Å². The maximum Gasteiger partial charge on any atom is 0.207 e. The summed E-state index contributed by atoms with van der Waals surface area (Å²) in [7, 11) is 1.53. The number of hydrogen-bond donors (Lipinski definition) is 0. The second-order valence-electron chi connectivity index (χ2n) is 12.2. The molecule has 2 aromatic carbocycles. The average molecular weight is 659 g/mol. The molecular formula is C38H55FO6S. The van der Waals surface area contributed by atoms with Crippen molar-refractivity contribution in [3.63, 3.8) is 0 Å². The summed E-state index contributed by atoms with van der Waals surface area (Å²) in [6.07, 6.45) is 7.45. The highest BCUT2D eigenvalue weighted by Gasteiger charge is 2.43. The SMILES string of the molecule is CCCCOC[C@@H]1C[C@H](OCCCC)[C@@H](OCCCC)[C@H](c2cc(Cc3cc4ccccc4s3)c(OC)c(F)c2OCCCC)O1. The van der Waals surface area contributed by atoms with Crippen molar-refractivity contribution >= 4 is 21.4 Å². The van der Waals surface area contributed by atoms with Crippen molar-refractivity contribution in [3.8, 4) is 11.5 Å². The summed E-state index contributed by atoms with van der Waals surface area (Å²) >= 11 is 1.72. The molecule has 46 heavy (non-hydrogen) atoms. The molecule has 6 nitrogen and oxygen atoms in total. The van der Waals surface area contributed by atoms with Crippen LogP contribution in [0.5, 0.6) is 11.5 Å². The fourth-order valence-electron chi connectivity index (χ4n) is 5.88. The number of ether oxygens (including phenoxy) is 6. The van der Waals surface area contributed by atoms with Gasteiger partial charge in [-0.15, -0.1) is 11.3 Å². The third kappa shape index (κ3) is 9.89. The summed E-state index contributed by atoms with van der Waals surface area (Å²) in [6.45, 7) is 11.3. The Bertz CT molecular complexity index is 1280. The minimum absolute atomic E-state index is 0.180. The van der Waals surface area contributed by atoms with E-state index in [2.05, 4.69) is 45.9 Å². The monoisotopic (exact) mass is 658 g/mol. The minimum Gasteiger partial charge on any atom is -0.493 e. The molecule has 1 aliphatic rings. The zero-order valence-corrected chi connectivity index (χ0v) is 29.4. The van der Waals surface area contributed by atoms with Crippen LogP contribution >= 0.6 is 11.3 Å². The Hall–Kier alpha value is -2.23. The molecule has 0 N–H and O–H groups in total. The Morgan fingerprint density at radius 2 is 1.54 bits per heavy atom. The van der Waals surface area contributed by atoms with Crippen LogP contribution in [0.15, 0.2) is 36.4 Å². The molecule has 0 saturated carbocycles. The van der Waals surface area contributed by atoms with E-state index in [9.17, 15) is 0 Å². The molecule has 256 valence electrons. The number of fused-ring (bicyclic) bond motifs is 1. The number of rotatable bonds is 21. The molecule has 0 unspecified atom stereocenters. The first-order chi connectivity index (χ1) is 22.5. The van der Waals surface area contributed by atoms with Crippen LogP contribution in [0.4, 0.5) is 4.39 Å². The van der Waals surface area contributed by atoms with Crippen LogP contribution in [0.3, 0.4) is 0 Å². The number of thiophene rings is 1. The molecule has 3 aromatic rings. The van der Waals surface area contributed by atoms with E-state index in [4.69, 9.17) is 28.4 Å². The first-order valence-electron chi connectivity index (χ1n) is 17.5.